The Labute approximate surface area is 182 Å². The van der Waals surface area contributed by atoms with E-state index >= 15 is 0 Å². The van der Waals surface area contributed by atoms with Crippen molar-refractivity contribution in [1.82, 2.24) is 0 Å². The number of rotatable bonds is 15. The maximum absolute atomic E-state index is 9.78. The van der Waals surface area contributed by atoms with Gasteiger partial charge < -0.3 is 14.7 Å². The molecule has 0 aliphatic carbocycles. The summed E-state index contributed by atoms with van der Waals surface area (Å²) in [5.41, 5.74) is 0. The predicted octanol–water partition coefficient (Wildman–Crippen LogP) is 3.63. The molecule has 0 saturated heterocycles. The molecule has 3 atom stereocenters. The molecule has 165 valence electrons. The molecular weight excluding hydrogens is 469 g/mol. The average Bonchev–Trinajstić information content (AvgIpc) is 2.60. The number of unbranched alkanes of at least 4 members (excludes halogenated alkanes) is 6. The van der Waals surface area contributed by atoms with Crippen LogP contribution < -0.4 is 14.7 Å². The molecule has 0 spiro atoms. The first-order chi connectivity index (χ1) is 12.8. The molecule has 1 radical (unpaired) electrons. The molecule has 9 nitrogen and oxygen atoms in total. The fourth-order valence-electron chi connectivity index (χ4n) is 1.47. The standard InChI is InChI=1S/3C5H11O3P.Cr/c3*1-2-3-4-5-8-9(6)7;/h3*2-5H2,1H3;/q;;;+3. The molecule has 0 aromatic heterocycles. The Kier molecular flexibility index (Phi) is 41.5. The summed E-state index contributed by atoms with van der Waals surface area (Å²) in [6, 6.07) is 0. The van der Waals surface area contributed by atoms with Crippen LogP contribution >= 0.6 is 24.8 Å². The van der Waals surface area contributed by atoms with Gasteiger partial charge in [0.15, 0.2) is 0 Å². The monoisotopic (exact) mass is 502 g/mol. The molecule has 3 unspecified atom stereocenters. The summed E-state index contributed by atoms with van der Waals surface area (Å²) in [4.78, 5) is 29.3. The molecule has 0 aliphatic rings. The van der Waals surface area contributed by atoms with Crippen LogP contribution in [-0.4, -0.2) is 19.8 Å². The second-order valence-corrected chi connectivity index (χ2v) is 7.41. The third-order valence-corrected chi connectivity index (χ3v) is 4.01. The number of hydrogen-bond acceptors (Lipinski definition) is 9. The van der Waals surface area contributed by atoms with E-state index in [-0.39, 0.29) is 17.4 Å². The molecule has 0 saturated carbocycles. The van der Waals surface area contributed by atoms with Gasteiger partial charge in [-0.25, -0.2) is 0 Å². The minimum Gasteiger partial charge on any atom is -0.566 e. The Morgan fingerprint density at radius 3 is 0.893 bits per heavy atom. The Hall–Kier alpha value is 0.592. The van der Waals surface area contributed by atoms with Crippen LogP contribution in [0.25, 0.3) is 0 Å². The van der Waals surface area contributed by atoms with Crippen LogP contribution in [0.3, 0.4) is 0 Å². The third-order valence-electron chi connectivity index (χ3n) is 2.83. The quantitative estimate of drug-likeness (QED) is 0.242. The zero-order chi connectivity index (χ0) is 21.3. The van der Waals surface area contributed by atoms with E-state index in [0.29, 0.717) is 19.8 Å². The minimum absolute atomic E-state index is 0. The summed E-state index contributed by atoms with van der Waals surface area (Å²) in [5.74, 6) is 0. The van der Waals surface area contributed by atoms with E-state index in [1.807, 2.05) is 0 Å². The molecule has 0 N–H and O–H groups in total. The smallest absolute Gasteiger partial charge is 0.566 e. The Balaban J connectivity index is -0.000000152. The van der Waals surface area contributed by atoms with Gasteiger partial charge >= 0.3 is 42.1 Å². The molecule has 0 amide bonds. The largest absolute Gasteiger partial charge is 3.00 e. The second kappa shape index (κ2) is 32.3. The second-order valence-electron chi connectivity index (χ2n) is 5.29. The van der Waals surface area contributed by atoms with Crippen molar-refractivity contribution in [1.29, 1.82) is 0 Å². The Bertz CT molecular complexity index is 311. The fraction of sp³-hybridized carbons (Fsp3) is 1.00. The zero-order valence-corrected chi connectivity index (χ0v) is 20.9. The molecule has 28 heavy (non-hydrogen) atoms. The van der Waals surface area contributed by atoms with Gasteiger partial charge in [0.1, 0.15) is 19.8 Å². The van der Waals surface area contributed by atoms with Crippen molar-refractivity contribution < 1.29 is 59.3 Å². The third kappa shape index (κ3) is 50.4. The maximum Gasteiger partial charge on any atom is 3.00 e. The predicted molar refractivity (Wildman–Crippen MR) is 99.3 cm³/mol. The van der Waals surface area contributed by atoms with Crippen LogP contribution in [0, 0.1) is 0 Å². The van der Waals surface area contributed by atoms with Crippen LogP contribution in [0.2, 0.25) is 0 Å². The van der Waals surface area contributed by atoms with Crippen molar-refractivity contribution in [3.63, 3.8) is 0 Å². The van der Waals surface area contributed by atoms with E-state index < -0.39 is 24.8 Å². The van der Waals surface area contributed by atoms with Gasteiger partial charge in [-0.15, -0.1) is 13.6 Å². The Morgan fingerprint density at radius 2 is 0.750 bits per heavy atom. The van der Waals surface area contributed by atoms with Crippen LogP contribution in [0.4, 0.5) is 0 Å². The minimum atomic E-state index is -2.62. The normalized spacial score (nSPS) is 11.1. The zero-order valence-electron chi connectivity index (χ0n) is 16.9. The summed E-state index contributed by atoms with van der Waals surface area (Å²) in [6.07, 6.45) is 8.84. The van der Waals surface area contributed by atoms with Gasteiger partial charge in [0, 0.05) is 0 Å². The summed E-state index contributed by atoms with van der Waals surface area (Å²) in [7, 11) is -7.85. The van der Waals surface area contributed by atoms with E-state index in [1.54, 1.807) is 0 Å². The first kappa shape index (κ1) is 36.0. The fourth-order valence-corrected chi connectivity index (χ4v) is 2.31. The molecule has 0 aliphatic heterocycles. The van der Waals surface area contributed by atoms with Gasteiger partial charge in [-0.3, -0.25) is 0 Å². The molecule has 13 heteroatoms. The van der Waals surface area contributed by atoms with Crippen molar-refractivity contribution in [2.75, 3.05) is 19.8 Å². The van der Waals surface area contributed by atoms with E-state index in [4.69, 9.17) is 0 Å². The maximum atomic E-state index is 9.78. The average molecular weight is 502 g/mol. The van der Waals surface area contributed by atoms with Gasteiger partial charge in [0.25, 0.3) is 0 Å². The van der Waals surface area contributed by atoms with E-state index in [0.717, 1.165) is 57.8 Å². The first-order valence-electron chi connectivity index (χ1n) is 9.13. The molecule has 0 fully saturated rings. The van der Waals surface area contributed by atoms with Gasteiger partial charge in [0.05, 0.1) is 0 Å². The van der Waals surface area contributed by atoms with Gasteiger partial charge in [-0.2, -0.15) is 0 Å². The molecule has 0 aromatic carbocycles. The Morgan fingerprint density at radius 1 is 0.536 bits per heavy atom. The van der Waals surface area contributed by atoms with E-state index in [9.17, 15) is 28.4 Å². The van der Waals surface area contributed by atoms with Crippen LogP contribution in [0.5, 0.6) is 0 Å². The SMILES string of the molecule is CCCCCO[P+](=O)[O-].CCCCCO[P+](=O)[O-].CCCCCO[P+](=O)[O-].[Cr+3]. The molecule has 0 rings (SSSR count). The molecule has 0 heterocycles. The summed E-state index contributed by atoms with van der Waals surface area (Å²) in [5, 5.41) is 0. The molecular formula is C15H33CrO9P3+3. The molecule has 0 aromatic rings. The number of hydrogen-bond donors (Lipinski definition) is 0. The van der Waals surface area contributed by atoms with Crippen molar-refractivity contribution in [2.45, 2.75) is 78.6 Å². The van der Waals surface area contributed by atoms with Crippen molar-refractivity contribution in [3.05, 3.63) is 0 Å². The first-order valence-corrected chi connectivity index (χ1v) is 12.4. The van der Waals surface area contributed by atoms with E-state index in [2.05, 4.69) is 34.3 Å². The van der Waals surface area contributed by atoms with Gasteiger partial charge in [-0.05, 0) is 33.0 Å². The summed E-state index contributed by atoms with van der Waals surface area (Å²) >= 11 is 0. The van der Waals surface area contributed by atoms with Crippen LogP contribution in [0.1, 0.15) is 78.6 Å². The van der Waals surface area contributed by atoms with Crippen molar-refractivity contribution in [3.8, 4) is 0 Å². The van der Waals surface area contributed by atoms with Crippen molar-refractivity contribution in [2.24, 2.45) is 0 Å². The summed E-state index contributed by atoms with van der Waals surface area (Å²) < 4.78 is 42.2. The van der Waals surface area contributed by atoms with E-state index in [1.165, 1.54) is 0 Å². The topological polar surface area (TPSA) is 148 Å². The van der Waals surface area contributed by atoms with Crippen molar-refractivity contribution >= 4 is 24.8 Å². The van der Waals surface area contributed by atoms with Gasteiger partial charge in [-0.1, -0.05) is 59.3 Å². The molecule has 0 bridgehead atoms. The van der Waals surface area contributed by atoms with Crippen LogP contribution in [0.15, 0.2) is 0 Å². The summed E-state index contributed by atoms with van der Waals surface area (Å²) in [6.45, 7) is 7.18. The van der Waals surface area contributed by atoms with Gasteiger partial charge in [0.2, 0.25) is 0 Å². The van der Waals surface area contributed by atoms with Crippen LogP contribution in [-0.2, 0) is 44.6 Å².